The molecule has 0 saturated carbocycles. The van der Waals surface area contributed by atoms with Crippen molar-refractivity contribution in [3.63, 3.8) is 0 Å². The monoisotopic (exact) mass is 257 g/mol. The first-order valence-electron chi connectivity index (χ1n) is 6.85. The van der Waals surface area contributed by atoms with Crippen molar-refractivity contribution in [2.75, 3.05) is 6.54 Å². The lowest BCUT2D eigenvalue weighted by Crippen LogP contribution is -2.04. The summed E-state index contributed by atoms with van der Waals surface area (Å²) >= 11 is 0. The summed E-state index contributed by atoms with van der Waals surface area (Å²) in [7, 11) is 1.99. The van der Waals surface area contributed by atoms with Gasteiger partial charge in [0.15, 0.2) is 0 Å². The van der Waals surface area contributed by atoms with Gasteiger partial charge in [0.2, 0.25) is 0 Å². The topological polar surface area (TPSA) is 43.8 Å². The molecule has 3 nitrogen and oxygen atoms in total. The Morgan fingerprint density at radius 1 is 1.32 bits per heavy atom. The van der Waals surface area contributed by atoms with Gasteiger partial charge >= 0.3 is 0 Å². The molecule has 0 aliphatic heterocycles. The fraction of sp³-hybridized carbons (Fsp3) is 0.438. The number of nitrogens with zero attached hydrogens (tertiary/aromatic N) is 2. The maximum atomic E-state index is 5.65. The van der Waals surface area contributed by atoms with E-state index in [9.17, 15) is 0 Å². The van der Waals surface area contributed by atoms with Crippen molar-refractivity contribution >= 4 is 0 Å². The number of aryl methyl sites for hydroxylation is 2. The van der Waals surface area contributed by atoms with Crippen molar-refractivity contribution in [3.05, 3.63) is 41.2 Å². The SMILES string of the molecule is Cc1nn(C)c(C)c1-c1cccc(C(C)CCN)c1. The molecule has 3 heteroatoms. The first kappa shape index (κ1) is 13.8. The Bertz CT molecular complexity index is 569. The first-order valence-corrected chi connectivity index (χ1v) is 6.85. The minimum atomic E-state index is 0.502. The predicted octanol–water partition coefficient (Wildman–Crippen LogP) is 3.16. The normalized spacial score (nSPS) is 12.7. The average molecular weight is 257 g/mol. The molecule has 2 aromatic rings. The molecule has 2 rings (SSSR count). The molecule has 0 aliphatic carbocycles. The number of benzene rings is 1. The van der Waals surface area contributed by atoms with Crippen LogP contribution < -0.4 is 5.73 Å². The second kappa shape index (κ2) is 5.57. The lowest BCUT2D eigenvalue weighted by molar-refractivity contribution is 0.690. The minimum Gasteiger partial charge on any atom is -0.330 e. The van der Waals surface area contributed by atoms with Crippen molar-refractivity contribution in [3.8, 4) is 11.1 Å². The van der Waals surface area contributed by atoms with Crippen LogP contribution in [0.5, 0.6) is 0 Å². The molecule has 0 aliphatic rings. The van der Waals surface area contributed by atoms with Gasteiger partial charge in [-0.2, -0.15) is 5.10 Å². The van der Waals surface area contributed by atoms with E-state index in [-0.39, 0.29) is 0 Å². The zero-order valence-corrected chi connectivity index (χ0v) is 12.3. The third-order valence-electron chi connectivity index (χ3n) is 3.85. The minimum absolute atomic E-state index is 0.502. The van der Waals surface area contributed by atoms with Crippen LogP contribution in [-0.4, -0.2) is 16.3 Å². The molecule has 2 N–H and O–H groups in total. The molecule has 1 aromatic heterocycles. The van der Waals surface area contributed by atoms with Gasteiger partial charge in [-0.15, -0.1) is 0 Å². The molecule has 0 radical (unpaired) electrons. The zero-order chi connectivity index (χ0) is 14.0. The summed E-state index contributed by atoms with van der Waals surface area (Å²) in [6.07, 6.45) is 1.02. The van der Waals surface area contributed by atoms with E-state index in [2.05, 4.69) is 50.1 Å². The maximum absolute atomic E-state index is 5.65. The molecular formula is C16H23N3. The highest BCUT2D eigenvalue weighted by Gasteiger charge is 2.13. The van der Waals surface area contributed by atoms with Crippen molar-refractivity contribution in [1.82, 2.24) is 9.78 Å². The van der Waals surface area contributed by atoms with Crippen LogP contribution >= 0.6 is 0 Å². The summed E-state index contributed by atoms with van der Waals surface area (Å²) in [5.41, 5.74) is 11.8. The summed E-state index contributed by atoms with van der Waals surface area (Å²) in [5.74, 6) is 0.502. The average Bonchev–Trinajstić information content (AvgIpc) is 2.64. The van der Waals surface area contributed by atoms with E-state index in [0.29, 0.717) is 5.92 Å². The van der Waals surface area contributed by atoms with Gasteiger partial charge in [-0.05, 0) is 43.9 Å². The van der Waals surface area contributed by atoms with Gasteiger partial charge in [-0.1, -0.05) is 31.2 Å². The highest BCUT2D eigenvalue weighted by atomic mass is 15.3. The van der Waals surface area contributed by atoms with Crippen molar-refractivity contribution in [1.29, 1.82) is 0 Å². The zero-order valence-electron chi connectivity index (χ0n) is 12.3. The van der Waals surface area contributed by atoms with E-state index in [1.54, 1.807) is 0 Å². The van der Waals surface area contributed by atoms with E-state index in [1.165, 1.54) is 22.4 Å². The summed E-state index contributed by atoms with van der Waals surface area (Å²) in [4.78, 5) is 0. The second-order valence-electron chi connectivity index (χ2n) is 5.27. The Morgan fingerprint density at radius 3 is 2.63 bits per heavy atom. The predicted molar refractivity (Wildman–Crippen MR) is 80.2 cm³/mol. The number of aromatic nitrogens is 2. The summed E-state index contributed by atoms with van der Waals surface area (Å²) in [5, 5.41) is 4.49. The van der Waals surface area contributed by atoms with E-state index in [0.717, 1.165) is 18.7 Å². The van der Waals surface area contributed by atoms with E-state index < -0.39 is 0 Å². The summed E-state index contributed by atoms with van der Waals surface area (Å²) in [6.45, 7) is 7.15. The lowest BCUT2D eigenvalue weighted by atomic mass is 9.93. The van der Waals surface area contributed by atoms with Crippen LogP contribution in [0.15, 0.2) is 24.3 Å². The Balaban J connectivity index is 2.43. The van der Waals surface area contributed by atoms with Gasteiger partial charge in [0.05, 0.1) is 5.69 Å². The van der Waals surface area contributed by atoms with Crippen LogP contribution in [0.3, 0.4) is 0 Å². The largest absolute Gasteiger partial charge is 0.330 e. The number of hydrogen-bond acceptors (Lipinski definition) is 2. The molecule has 1 aromatic carbocycles. The van der Waals surface area contributed by atoms with Crippen LogP contribution in [-0.2, 0) is 7.05 Å². The Kier molecular flexibility index (Phi) is 4.05. The van der Waals surface area contributed by atoms with Crippen LogP contribution in [0.1, 0.15) is 36.2 Å². The molecule has 1 atom stereocenters. The quantitative estimate of drug-likeness (QED) is 0.914. The molecule has 0 fully saturated rings. The first-order chi connectivity index (χ1) is 9.04. The van der Waals surface area contributed by atoms with Gasteiger partial charge in [0.25, 0.3) is 0 Å². The van der Waals surface area contributed by atoms with Crippen molar-refractivity contribution < 1.29 is 0 Å². The Morgan fingerprint density at radius 2 is 2.05 bits per heavy atom. The molecule has 0 spiro atoms. The van der Waals surface area contributed by atoms with Crippen molar-refractivity contribution in [2.24, 2.45) is 12.8 Å². The van der Waals surface area contributed by atoms with E-state index in [4.69, 9.17) is 5.73 Å². The molecule has 0 saturated heterocycles. The lowest BCUT2D eigenvalue weighted by Gasteiger charge is -2.12. The highest BCUT2D eigenvalue weighted by Crippen LogP contribution is 2.29. The summed E-state index contributed by atoms with van der Waals surface area (Å²) in [6, 6.07) is 8.75. The number of rotatable bonds is 4. The van der Waals surface area contributed by atoms with Gasteiger partial charge in [0.1, 0.15) is 0 Å². The van der Waals surface area contributed by atoms with Gasteiger partial charge < -0.3 is 5.73 Å². The Labute approximate surface area is 115 Å². The number of hydrogen-bond donors (Lipinski definition) is 1. The van der Waals surface area contributed by atoms with Crippen LogP contribution in [0.25, 0.3) is 11.1 Å². The second-order valence-corrected chi connectivity index (χ2v) is 5.27. The van der Waals surface area contributed by atoms with E-state index >= 15 is 0 Å². The molecule has 0 bridgehead atoms. The van der Waals surface area contributed by atoms with Crippen molar-refractivity contribution in [2.45, 2.75) is 33.1 Å². The van der Waals surface area contributed by atoms with Gasteiger partial charge in [0, 0.05) is 18.3 Å². The fourth-order valence-electron chi connectivity index (χ4n) is 2.61. The fourth-order valence-corrected chi connectivity index (χ4v) is 2.61. The molecule has 102 valence electrons. The van der Waals surface area contributed by atoms with Crippen LogP contribution in [0.2, 0.25) is 0 Å². The molecule has 1 heterocycles. The third kappa shape index (κ3) is 2.71. The van der Waals surface area contributed by atoms with Gasteiger partial charge in [-0.3, -0.25) is 4.68 Å². The number of nitrogens with two attached hydrogens (primary N) is 1. The molecule has 1 unspecified atom stereocenters. The van der Waals surface area contributed by atoms with Crippen LogP contribution in [0.4, 0.5) is 0 Å². The summed E-state index contributed by atoms with van der Waals surface area (Å²) < 4.78 is 1.95. The van der Waals surface area contributed by atoms with E-state index in [1.807, 2.05) is 11.7 Å². The highest BCUT2D eigenvalue weighted by molar-refractivity contribution is 5.69. The standard InChI is InChI=1S/C16H23N3/c1-11(8-9-17)14-6-5-7-15(10-14)16-12(2)18-19(4)13(16)3/h5-7,10-11H,8-9,17H2,1-4H3. The molecule has 0 amide bonds. The van der Waals surface area contributed by atoms with Crippen LogP contribution in [0, 0.1) is 13.8 Å². The molecule has 19 heavy (non-hydrogen) atoms. The maximum Gasteiger partial charge on any atom is 0.0674 e. The van der Waals surface area contributed by atoms with Gasteiger partial charge in [-0.25, -0.2) is 0 Å². The third-order valence-corrected chi connectivity index (χ3v) is 3.85. The molecular weight excluding hydrogens is 234 g/mol. The Hall–Kier alpha value is -1.61. The smallest absolute Gasteiger partial charge is 0.0674 e.